The number of benzene rings is 1. The molecule has 0 fully saturated rings. The summed E-state index contributed by atoms with van der Waals surface area (Å²) in [7, 11) is 2.59. The van der Waals surface area contributed by atoms with Crippen molar-refractivity contribution in [1.29, 1.82) is 0 Å². The van der Waals surface area contributed by atoms with E-state index in [4.69, 9.17) is 0 Å². The lowest BCUT2D eigenvalue weighted by Crippen LogP contribution is -2.23. The monoisotopic (exact) mass is 288 g/mol. The summed E-state index contributed by atoms with van der Waals surface area (Å²) in [6.45, 7) is 1.53. The van der Waals surface area contributed by atoms with Crippen LogP contribution in [0.25, 0.3) is 0 Å². The molecule has 1 unspecified atom stereocenters. The Morgan fingerprint density at radius 1 is 1.47 bits per heavy atom. The SMILES string of the molecule is O=[N+]([O-])c1ccc(Br)c2c1CN(P)CC2. The summed E-state index contributed by atoms with van der Waals surface area (Å²) in [6, 6.07) is 3.32. The van der Waals surface area contributed by atoms with Crippen molar-refractivity contribution in [1.82, 2.24) is 4.67 Å². The van der Waals surface area contributed by atoms with Crippen LogP contribution in [0.4, 0.5) is 5.69 Å². The largest absolute Gasteiger partial charge is 0.282 e. The minimum Gasteiger partial charge on any atom is -0.282 e. The number of hydrogen-bond donors (Lipinski definition) is 0. The molecule has 0 aromatic heterocycles. The van der Waals surface area contributed by atoms with E-state index in [0.717, 1.165) is 28.6 Å². The molecule has 80 valence electrons. The van der Waals surface area contributed by atoms with Gasteiger partial charge in [-0.05, 0) is 18.1 Å². The van der Waals surface area contributed by atoms with Gasteiger partial charge >= 0.3 is 0 Å². The van der Waals surface area contributed by atoms with Gasteiger partial charge < -0.3 is 0 Å². The summed E-state index contributed by atoms with van der Waals surface area (Å²) < 4.78 is 2.99. The summed E-state index contributed by atoms with van der Waals surface area (Å²) in [5.74, 6) is 0. The van der Waals surface area contributed by atoms with E-state index in [1.165, 1.54) is 0 Å². The van der Waals surface area contributed by atoms with Crippen LogP contribution in [0.1, 0.15) is 11.1 Å². The molecule has 0 bridgehead atoms. The Hall–Kier alpha value is -0.510. The number of nitro groups is 1. The van der Waals surface area contributed by atoms with Gasteiger partial charge in [0.05, 0.1) is 4.92 Å². The fourth-order valence-electron chi connectivity index (χ4n) is 1.81. The van der Waals surface area contributed by atoms with E-state index in [1.807, 2.05) is 4.67 Å². The highest BCUT2D eigenvalue weighted by Gasteiger charge is 2.24. The minimum absolute atomic E-state index is 0.223. The summed E-state index contributed by atoms with van der Waals surface area (Å²) in [4.78, 5) is 10.5. The molecule has 1 aromatic rings. The number of fused-ring (bicyclic) bond motifs is 1. The Balaban J connectivity index is 2.56. The highest BCUT2D eigenvalue weighted by atomic mass is 79.9. The molecule has 0 radical (unpaired) electrons. The molecule has 0 aliphatic carbocycles. The number of hydrogen-bond acceptors (Lipinski definition) is 3. The molecule has 4 nitrogen and oxygen atoms in total. The maximum Gasteiger partial charge on any atom is 0.274 e. The summed E-state index contributed by atoms with van der Waals surface area (Å²) in [5.41, 5.74) is 2.12. The van der Waals surface area contributed by atoms with Gasteiger partial charge in [0, 0.05) is 29.2 Å². The molecule has 0 spiro atoms. The quantitative estimate of drug-likeness (QED) is 0.453. The molecule has 1 atom stereocenters. The Kier molecular flexibility index (Phi) is 3.05. The Morgan fingerprint density at radius 2 is 2.20 bits per heavy atom. The Labute approximate surface area is 98.2 Å². The van der Waals surface area contributed by atoms with E-state index in [0.29, 0.717) is 6.54 Å². The van der Waals surface area contributed by atoms with E-state index in [1.54, 1.807) is 12.1 Å². The molecule has 1 heterocycles. The van der Waals surface area contributed by atoms with Crippen molar-refractivity contribution in [3.8, 4) is 0 Å². The molecule has 1 aliphatic rings. The van der Waals surface area contributed by atoms with Crippen LogP contribution in [0.5, 0.6) is 0 Å². The van der Waals surface area contributed by atoms with Crippen molar-refractivity contribution in [3.63, 3.8) is 0 Å². The zero-order chi connectivity index (χ0) is 11.0. The van der Waals surface area contributed by atoms with Crippen LogP contribution < -0.4 is 0 Å². The summed E-state index contributed by atoms with van der Waals surface area (Å²) in [5, 5.41) is 10.9. The second-order valence-corrected chi connectivity index (χ2v) is 5.09. The van der Waals surface area contributed by atoms with Gasteiger partial charge in [-0.2, -0.15) is 0 Å². The van der Waals surface area contributed by atoms with Gasteiger partial charge in [-0.3, -0.25) is 14.8 Å². The van der Waals surface area contributed by atoms with Crippen molar-refractivity contribution in [3.05, 3.63) is 37.8 Å². The standard InChI is InChI=1S/C9H10BrN2O2P/c10-8-1-2-9(12(13)14)7-5-11(15)4-3-6(7)8/h1-2H,3-5,15H2. The second kappa shape index (κ2) is 4.16. The third kappa shape index (κ3) is 2.05. The third-order valence-electron chi connectivity index (χ3n) is 2.56. The van der Waals surface area contributed by atoms with Crippen molar-refractivity contribution >= 4 is 31.0 Å². The molecule has 0 saturated heterocycles. The summed E-state index contributed by atoms with van der Waals surface area (Å²) >= 11 is 3.44. The smallest absolute Gasteiger partial charge is 0.274 e. The predicted octanol–water partition coefficient (Wildman–Crippen LogP) is 2.51. The fourth-order valence-corrected chi connectivity index (χ4v) is 2.69. The van der Waals surface area contributed by atoms with Crippen LogP contribution in [0, 0.1) is 10.1 Å². The molecule has 15 heavy (non-hydrogen) atoms. The Morgan fingerprint density at radius 3 is 2.87 bits per heavy atom. The number of nitrogens with zero attached hydrogens (tertiary/aromatic N) is 2. The van der Waals surface area contributed by atoms with E-state index < -0.39 is 0 Å². The zero-order valence-corrected chi connectivity index (χ0v) is 10.7. The third-order valence-corrected chi connectivity index (χ3v) is 3.74. The van der Waals surface area contributed by atoms with E-state index >= 15 is 0 Å². The first-order chi connectivity index (χ1) is 7.09. The van der Waals surface area contributed by atoms with Gasteiger partial charge in [0.25, 0.3) is 5.69 Å². The van der Waals surface area contributed by atoms with E-state index in [-0.39, 0.29) is 10.6 Å². The summed E-state index contributed by atoms with van der Waals surface area (Å²) in [6.07, 6.45) is 0.848. The minimum atomic E-state index is -0.310. The topological polar surface area (TPSA) is 46.4 Å². The van der Waals surface area contributed by atoms with E-state index in [9.17, 15) is 10.1 Å². The number of nitro benzene ring substituents is 1. The molecule has 1 aliphatic heterocycles. The van der Waals surface area contributed by atoms with Crippen LogP contribution in [0.3, 0.4) is 0 Å². The van der Waals surface area contributed by atoms with Gasteiger partial charge in [-0.15, -0.1) is 0 Å². The molecule has 2 rings (SSSR count). The fraction of sp³-hybridized carbons (Fsp3) is 0.333. The maximum atomic E-state index is 10.9. The molecule has 1 aromatic carbocycles. The van der Waals surface area contributed by atoms with Crippen LogP contribution in [-0.2, 0) is 13.0 Å². The van der Waals surface area contributed by atoms with Gasteiger partial charge in [-0.25, -0.2) is 0 Å². The lowest BCUT2D eigenvalue weighted by molar-refractivity contribution is -0.385. The molecular weight excluding hydrogens is 279 g/mol. The van der Waals surface area contributed by atoms with Gasteiger partial charge in [0.1, 0.15) is 0 Å². The van der Waals surface area contributed by atoms with Crippen molar-refractivity contribution in [2.75, 3.05) is 6.54 Å². The second-order valence-electron chi connectivity index (χ2n) is 3.50. The molecule has 0 saturated carbocycles. The Bertz CT molecular complexity index is 425. The maximum absolute atomic E-state index is 10.9. The van der Waals surface area contributed by atoms with E-state index in [2.05, 4.69) is 25.3 Å². The number of halogens is 1. The normalized spacial score (nSPS) is 16.1. The predicted molar refractivity (Wildman–Crippen MR) is 64.6 cm³/mol. The molecular formula is C9H10BrN2O2P. The van der Waals surface area contributed by atoms with Gasteiger partial charge in [0.2, 0.25) is 0 Å². The van der Waals surface area contributed by atoms with Crippen LogP contribution >= 0.6 is 25.3 Å². The molecule has 6 heteroatoms. The highest BCUT2D eigenvalue weighted by Crippen LogP contribution is 2.34. The van der Waals surface area contributed by atoms with Gasteiger partial charge in [-0.1, -0.05) is 25.3 Å². The first kappa shape index (κ1) is 11.0. The average Bonchev–Trinajstić information content (AvgIpc) is 2.17. The molecule has 0 N–H and O–H groups in total. The first-order valence-corrected chi connectivity index (χ1v) is 5.85. The number of rotatable bonds is 1. The van der Waals surface area contributed by atoms with Gasteiger partial charge in [0.15, 0.2) is 0 Å². The molecule has 0 amide bonds. The van der Waals surface area contributed by atoms with Crippen molar-refractivity contribution < 1.29 is 4.92 Å². The van der Waals surface area contributed by atoms with Crippen molar-refractivity contribution in [2.24, 2.45) is 0 Å². The average molecular weight is 289 g/mol. The van der Waals surface area contributed by atoms with Crippen LogP contribution in [-0.4, -0.2) is 16.1 Å². The zero-order valence-electron chi connectivity index (χ0n) is 7.94. The van der Waals surface area contributed by atoms with Crippen LogP contribution in [0.15, 0.2) is 16.6 Å². The lowest BCUT2D eigenvalue weighted by Gasteiger charge is -2.25. The highest BCUT2D eigenvalue weighted by molar-refractivity contribution is 9.10. The van der Waals surface area contributed by atoms with Crippen molar-refractivity contribution in [2.45, 2.75) is 13.0 Å². The first-order valence-electron chi connectivity index (χ1n) is 4.54. The van der Waals surface area contributed by atoms with Crippen LogP contribution in [0.2, 0.25) is 0 Å². The lowest BCUT2D eigenvalue weighted by atomic mass is 9.99.